The molecular formula is C13H21FO2. The highest BCUT2D eigenvalue weighted by Crippen LogP contribution is 2.40. The van der Waals surface area contributed by atoms with E-state index in [0.717, 1.165) is 0 Å². The van der Waals surface area contributed by atoms with Crippen molar-refractivity contribution >= 4 is 11.6 Å². The molecule has 1 aliphatic rings. The van der Waals surface area contributed by atoms with Crippen LogP contribution in [0.4, 0.5) is 4.39 Å². The molecule has 0 spiro atoms. The van der Waals surface area contributed by atoms with E-state index in [0.29, 0.717) is 12.8 Å². The number of carbonyl (C=O) groups excluding carboxylic acids is 2. The average Bonchev–Trinajstić information content (AvgIpc) is 2.16. The van der Waals surface area contributed by atoms with Crippen molar-refractivity contribution in [1.82, 2.24) is 0 Å². The van der Waals surface area contributed by atoms with Gasteiger partial charge in [-0.05, 0) is 32.6 Å². The fourth-order valence-electron chi connectivity index (χ4n) is 2.38. The van der Waals surface area contributed by atoms with Crippen molar-refractivity contribution in [3.8, 4) is 0 Å². The Bertz CT molecular complexity index is 294. The third-order valence-electron chi connectivity index (χ3n) is 3.44. The SMILES string of the molecule is CC(=O)[C@H]1CC[C@](F)(C(=O)C(C)(C)C)CC1. The summed E-state index contributed by atoms with van der Waals surface area (Å²) in [7, 11) is 0. The lowest BCUT2D eigenvalue weighted by Gasteiger charge is -2.35. The van der Waals surface area contributed by atoms with Crippen LogP contribution in [0.3, 0.4) is 0 Å². The Labute approximate surface area is 96.6 Å². The van der Waals surface area contributed by atoms with E-state index < -0.39 is 11.1 Å². The number of hydrogen-bond acceptors (Lipinski definition) is 2. The van der Waals surface area contributed by atoms with Gasteiger partial charge in [0.05, 0.1) is 0 Å². The minimum atomic E-state index is -1.70. The maximum Gasteiger partial charge on any atom is 0.175 e. The molecule has 1 rings (SSSR count). The molecule has 92 valence electrons. The molecule has 0 radical (unpaired) electrons. The molecule has 0 aliphatic heterocycles. The van der Waals surface area contributed by atoms with Crippen molar-refractivity contribution in [2.24, 2.45) is 11.3 Å². The molecule has 0 aromatic carbocycles. The maximum absolute atomic E-state index is 14.4. The van der Waals surface area contributed by atoms with E-state index in [1.807, 2.05) is 0 Å². The van der Waals surface area contributed by atoms with Crippen molar-refractivity contribution in [2.75, 3.05) is 0 Å². The van der Waals surface area contributed by atoms with Gasteiger partial charge in [-0.1, -0.05) is 20.8 Å². The molecule has 1 saturated carbocycles. The van der Waals surface area contributed by atoms with Crippen LogP contribution in [0.2, 0.25) is 0 Å². The number of alkyl halides is 1. The van der Waals surface area contributed by atoms with Gasteiger partial charge in [0, 0.05) is 11.3 Å². The second-order valence-electron chi connectivity index (χ2n) is 5.93. The molecule has 0 N–H and O–H groups in total. The highest BCUT2D eigenvalue weighted by atomic mass is 19.1. The predicted octanol–water partition coefficient (Wildman–Crippen LogP) is 3.09. The van der Waals surface area contributed by atoms with Crippen LogP contribution < -0.4 is 0 Å². The first kappa shape index (κ1) is 13.3. The quantitative estimate of drug-likeness (QED) is 0.727. The van der Waals surface area contributed by atoms with Gasteiger partial charge in [-0.3, -0.25) is 9.59 Å². The molecule has 1 aliphatic carbocycles. The van der Waals surface area contributed by atoms with E-state index in [9.17, 15) is 14.0 Å². The summed E-state index contributed by atoms with van der Waals surface area (Å²) in [6.45, 7) is 6.77. The fraction of sp³-hybridized carbons (Fsp3) is 0.846. The van der Waals surface area contributed by atoms with E-state index in [-0.39, 0.29) is 30.3 Å². The Balaban J connectivity index is 2.70. The lowest BCUT2D eigenvalue weighted by atomic mass is 9.71. The average molecular weight is 228 g/mol. The normalized spacial score (nSPS) is 31.2. The summed E-state index contributed by atoms with van der Waals surface area (Å²) in [5.41, 5.74) is -2.35. The summed E-state index contributed by atoms with van der Waals surface area (Å²) in [6.07, 6.45) is 1.42. The lowest BCUT2D eigenvalue weighted by molar-refractivity contribution is -0.142. The number of carbonyl (C=O) groups is 2. The third kappa shape index (κ3) is 2.69. The Kier molecular flexibility index (Phi) is 3.56. The summed E-state index contributed by atoms with van der Waals surface area (Å²) in [6, 6.07) is 0. The molecule has 3 heteroatoms. The summed E-state index contributed by atoms with van der Waals surface area (Å²) >= 11 is 0. The Hall–Kier alpha value is -0.730. The molecule has 0 bridgehead atoms. The largest absolute Gasteiger partial charge is 0.300 e. The summed E-state index contributed by atoms with van der Waals surface area (Å²) < 4.78 is 14.4. The summed E-state index contributed by atoms with van der Waals surface area (Å²) in [4.78, 5) is 23.1. The van der Waals surface area contributed by atoms with Crippen LogP contribution in [0.1, 0.15) is 53.4 Å². The zero-order valence-corrected chi connectivity index (χ0v) is 10.6. The van der Waals surface area contributed by atoms with Crippen LogP contribution in [-0.4, -0.2) is 17.2 Å². The number of ketones is 2. The van der Waals surface area contributed by atoms with Gasteiger partial charge in [-0.25, -0.2) is 4.39 Å². The predicted molar refractivity (Wildman–Crippen MR) is 60.9 cm³/mol. The second kappa shape index (κ2) is 4.27. The zero-order valence-electron chi connectivity index (χ0n) is 10.6. The number of halogens is 1. The molecule has 0 saturated heterocycles. The minimum Gasteiger partial charge on any atom is -0.300 e. The van der Waals surface area contributed by atoms with Gasteiger partial charge in [0.15, 0.2) is 11.5 Å². The van der Waals surface area contributed by atoms with Gasteiger partial charge >= 0.3 is 0 Å². The highest BCUT2D eigenvalue weighted by molar-refractivity contribution is 5.92. The minimum absolute atomic E-state index is 0.0448. The number of rotatable bonds is 2. The molecule has 0 heterocycles. The summed E-state index contributed by atoms with van der Waals surface area (Å²) in [5.74, 6) is -0.246. The highest BCUT2D eigenvalue weighted by Gasteiger charge is 2.46. The van der Waals surface area contributed by atoms with Gasteiger partial charge in [0.2, 0.25) is 0 Å². The molecule has 0 atom stereocenters. The van der Waals surface area contributed by atoms with Crippen molar-refractivity contribution < 1.29 is 14.0 Å². The molecule has 0 amide bonds. The molecule has 2 nitrogen and oxygen atoms in total. The van der Waals surface area contributed by atoms with Crippen molar-refractivity contribution in [3.63, 3.8) is 0 Å². The molecule has 0 aromatic heterocycles. The topological polar surface area (TPSA) is 34.1 Å². The molecular weight excluding hydrogens is 207 g/mol. The lowest BCUT2D eigenvalue weighted by Crippen LogP contribution is -2.45. The van der Waals surface area contributed by atoms with E-state index in [1.165, 1.54) is 0 Å². The summed E-state index contributed by atoms with van der Waals surface area (Å²) in [5, 5.41) is 0. The Morgan fingerprint density at radius 2 is 1.62 bits per heavy atom. The first-order valence-electron chi connectivity index (χ1n) is 5.91. The Morgan fingerprint density at radius 1 is 1.19 bits per heavy atom. The van der Waals surface area contributed by atoms with Crippen LogP contribution in [0.5, 0.6) is 0 Å². The van der Waals surface area contributed by atoms with Gasteiger partial charge in [0.1, 0.15) is 5.78 Å². The monoisotopic (exact) mass is 228 g/mol. The number of hydrogen-bond donors (Lipinski definition) is 0. The maximum atomic E-state index is 14.4. The van der Waals surface area contributed by atoms with Crippen LogP contribution in [0.15, 0.2) is 0 Å². The Morgan fingerprint density at radius 3 is 1.94 bits per heavy atom. The van der Waals surface area contributed by atoms with Crippen LogP contribution in [0.25, 0.3) is 0 Å². The van der Waals surface area contributed by atoms with Gasteiger partial charge in [-0.2, -0.15) is 0 Å². The van der Waals surface area contributed by atoms with E-state index >= 15 is 0 Å². The molecule has 0 unspecified atom stereocenters. The van der Waals surface area contributed by atoms with E-state index in [4.69, 9.17) is 0 Å². The molecule has 0 aromatic rings. The van der Waals surface area contributed by atoms with E-state index in [1.54, 1.807) is 27.7 Å². The third-order valence-corrected chi connectivity index (χ3v) is 3.44. The van der Waals surface area contributed by atoms with Gasteiger partial charge in [0.25, 0.3) is 0 Å². The first-order valence-corrected chi connectivity index (χ1v) is 5.91. The molecule has 1 fully saturated rings. The first-order chi connectivity index (χ1) is 7.17. The zero-order chi connectivity index (χ0) is 12.6. The fourth-order valence-corrected chi connectivity index (χ4v) is 2.38. The number of Topliss-reactive ketones (excluding diaryl/α,β-unsaturated/α-hetero) is 2. The van der Waals surface area contributed by atoms with Crippen molar-refractivity contribution in [3.05, 3.63) is 0 Å². The van der Waals surface area contributed by atoms with Crippen LogP contribution >= 0.6 is 0 Å². The van der Waals surface area contributed by atoms with Crippen molar-refractivity contribution in [2.45, 2.75) is 59.0 Å². The van der Waals surface area contributed by atoms with Gasteiger partial charge in [-0.15, -0.1) is 0 Å². The van der Waals surface area contributed by atoms with Crippen molar-refractivity contribution in [1.29, 1.82) is 0 Å². The van der Waals surface area contributed by atoms with E-state index in [2.05, 4.69) is 0 Å². The smallest absolute Gasteiger partial charge is 0.175 e. The second-order valence-corrected chi connectivity index (χ2v) is 5.93. The van der Waals surface area contributed by atoms with Gasteiger partial charge < -0.3 is 0 Å². The molecule has 16 heavy (non-hydrogen) atoms. The standard InChI is InChI=1S/C13H21FO2/c1-9(15)10-5-7-13(14,8-6-10)11(16)12(2,3)4/h10H,5-8H2,1-4H3/t10-,13+. The van der Waals surface area contributed by atoms with Crippen LogP contribution in [0, 0.1) is 11.3 Å². The van der Waals surface area contributed by atoms with Crippen LogP contribution in [-0.2, 0) is 9.59 Å².